The number of hydrogen-bond acceptors (Lipinski definition) is 3. The quantitative estimate of drug-likeness (QED) is 0.718. The molecule has 3 heteroatoms. The highest BCUT2D eigenvalue weighted by Crippen LogP contribution is 2.16. The third-order valence-corrected chi connectivity index (χ3v) is 1.90. The van der Waals surface area contributed by atoms with Crippen molar-refractivity contribution in [3.05, 3.63) is 24.5 Å². The molecular weight excluding hydrogens is 164 g/mol. The molecule has 1 aromatic heterocycles. The normalized spacial score (nSPS) is 13.0. The Morgan fingerprint density at radius 2 is 2.08 bits per heavy atom. The van der Waals surface area contributed by atoms with E-state index >= 15 is 0 Å². The molecule has 1 rings (SSSR count). The van der Waals surface area contributed by atoms with Gasteiger partial charge in [-0.3, -0.25) is 4.98 Å². The molecule has 0 saturated heterocycles. The lowest BCUT2D eigenvalue weighted by Gasteiger charge is -2.31. The van der Waals surface area contributed by atoms with Crippen LogP contribution in [0.2, 0.25) is 0 Å². The molecule has 1 N–H and O–H groups in total. The first-order valence-corrected chi connectivity index (χ1v) is 4.49. The van der Waals surface area contributed by atoms with E-state index in [9.17, 15) is 5.11 Å². The minimum Gasteiger partial charge on any atom is -0.374 e. The second kappa shape index (κ2) is 4.23. The third kappa shape index (κ3) is 2.42. The van der Waals surface area contributed by atoms with Crippen molar-refractivity contribution in [2.45, 2.75) is 33.0 Å². The van der Waals surface area contributed by atoms with Gasteiger partial charge in [-0.05, 0) is 32.9 Å². The van der Waals surface area contributed by atoms with Crippen LogP contribution in [0.3, 0.4) is 0 Å². The minimum absolute atomic E-state index is 0.268. The topological polar surface area (TPSA) is 36.4 Å². The molecule has 1 heterocycles. The molecule has 0 aliphatic rings. The first-order valence-electron chi connectivity index (χ1n) is 4.49. The fraction of sp³-hybridized carbons (Fsp3) is 0.500. The summed E-state index contributed by atoms with van der Waals surface area (Å²) in [7, 11) is 0. The predicted octanol–water partition coefficient (Wildman–Crippen LogP) is 1.63. The molecule has 0 radical (unpaired) electrons. The molecule has 3 nitrogen and oxygen atoms in total. The Morgan fingerprint density at radius 3 is 2.46 bits per heavy atom. The summed E-state index contributed by atoms with van der Waals surface area (Å²) < 4.78 is 0. The fourth-order valence-electron chi connectivity index (χ4n) is 1.45. The van der Waals surface area contributed by atoms with Crippen molar-refractivity contribution in [1.82, 2.24) is 4.98 Å². The van der Waals surface area contributed by atoms with E-state index in [0.717, 1.165) is 5.69 Å². The zero-order chi connectivity index (χ0) is 9.84. The number of anilines is 1. The average molecular weight is 180 g/mol. The second-order valence-electron chi connectivity index (χ2n) is 3.34. The molecule has 0 amide bonds. The highest BCUT2D eigenvalue weighted by Gasteiger charge is 2.14. The highest BCUT2D eigenvalue weighted by molar-refractivity contribution is 5.44. The van der Waals surface area contributed by atoms with Crippen molar-refractivity contribution >= 4 is 5.69 Å². The number of hydrogen-bond donors (Lipinski definition) is 1. The molecule has 1 aromatic rings. The van der Waals surface area contributed by atoms with Crippen LogP contribution in [0.15, 0.2) is 24.5 Å². The lowest BCUT2D eigenvalue weighted by Crippen LogP contribution is -2.38. The van der Waals surface area contributed by atoms with Gasteiger partial charge in [0.15, 0.2) is 0 Å². The number of rotatable bonds is 3. The monoisotopic (exact) mass is 180 g/mol. The van der Waals surface area contributed by atoms with Crippen LogP contribution in [0.25, 0.3) is 0 Å². The molecule has 0 spiro atoms. The van der Waals surface area contributed by atoms with E-state index in [1.807, 2.05) is 30.9 Å². The van der Waals surface area contributed by atoms with Crippen molar-refractivity contribution in [3.8, 4) is 0 Å². The summed E-state index contributed by atoms with van der Waals surface area (Å²) in [5.74, 6) is 0. The zero-order valence-corrected chi connectivity index (χ0v) is 8.31. The summed E-state index contributed by atoms with van der Waals surface area (Å²) in [5, 5.41) is 9.53. The largest absolute Gasteiger partial charge is 0.374 e. The van der Waals surface area contributed by atoms with Gasteiger partial charge in [0.05, 0.1) is 11.9 Å². The van der Waals surface area contributed by atoms with Crippen LogP contribution in [0.1, 0.15) is 20.8 Å². The van der Waals surface area contributed by atoms with E-state index in [1.54, 1.807) is 19.3 Å². The summed E-state index contributed by atoms with van der Waals surface area (Å²) in [6, 6.07) is 4.08. The minimum atomic E-state index is -0.482. The van der Waals surface area contributed by atoms with Gasteiger partial charge in [0.1, 0.15) is 6.23 Å². The summed E-state index contributed by atoms with van der Waals surface area (Å²) in [4.78, 5) is 5.93. The van der Waals surface area contributed by atoms with Crippen molar-refractivity contribution in [2.75, 3.05) is 4.90 Å². The Hall–Kier alpha value is -1.09. The molecule has 1 unspecified atom stereocenters. The maximum absolute atomic E-state index is 9.53. The van der Waals surface area contributed by atoms with Crippen LogP contribution in [-0.2, 0) is 0 Å². The van der Waals surface area contributed by atoms with Crippen LogP contribution in [0.5, 0.6) is 0 Å². The van der Waals surface area contributed by atoms with Gasteiger partial charge in [0, 0.05) is 12.2 Å². The summed E-state index contributed by atoms with van der Waals surface area (Å²) >= 11 is 0. The van der Waals surface area contributed by atoms with Crippen LogP contribution in [0, 0.1) is 0 Å². The highest BCUT2D eigenvalue weighted by atomic mass is 16.3. The first kappa shape index (κ1) is 9.99. The van der Waals surface area contributed by atoms with E-state index in [2.05, 4.69) is 4.98 Å². The predicted molar refractivity (Wildman–Crippen MR) is 53.5 cm³/mol. The Kier molecular flexibility index (Phi) is 3.25. The molecule has 0 saturated carbocycles. The lowest BCUT2D eigenvalue weighted by atomic mass is 10.2. The lowest BCUT2D eigenvalue weighted by molar-refractivity contribution is 0.180. The van der Waals surface area contributed by atoms with Gasteiger partial charge in [-0.25, -0.2) is 0 Å². The molecule has 0 fully saturated rings. The number of pyridine rings is 1. The van der Waals surface area contributed by atoms with Gasteiger partial charge in [0.25, 0.3) is 0 Å². The molecule has 0 aromatic carbocycles. The van der Waals surface area contributed by atoms with Crippen molar-refractivity contribution in [2.24, 2.45) is 0 Å². The van der Waals surface area contributed by atoms with E-state index in [1.165, 1.54) is 0 Å². The fourth-order valence-corrected chi connectivity index (χ4v) is 1.45. The van der Waals surface area contributed by atoms with Gasteiger partial charge in [0.2, 0.25) is 0 Å². The van der Waals surface area contributed by atoms with Crippen molar-refractivity contribution in [1.29, 1.82) is 0 Å². The molecule has 0 aliphatic carbocycles. The Labute approximate surface area is 79.0 Å². The number of aromatic nitrogens is 1. The maximum Gasteiger partial charge on any atom is 0.124 e. The molecule has 13 heavy (non-hydrogen) atoms. The number of aliphatic hydroxyl groups is 1. The van der Waals surface area contributed by atoms with Crippen molar-refractivity contribution < 1.29 is 5.11 Å². The van der Waals surface area contributed by atoms with E-state index in [0.29, 0.717) is 0 Å². The summed E-state index contributed by atoms with van der Waals surface area (Å²) in [6.07, 6.45) is 3.00. The van der Waals surface area contributed by atoms with Crippen LogP contribution < -0.4 is 4.90 Å². The van der Waals surface area contributed by atoms with Gasteiger partial charge in [-0.15, -0.1) is 0 Å². The number of nitrogens with zero attached hydrogens (tertiary/aromatic N) is 2. The summed E-state index contributed by atoms with van der Waals surface area (Å²) in [5.41, 5.74) is 0.951. The van der Waals surface area contributed by atoms with Gasteiger partial charge >= 0.3 is 0 Å². The standard InChI is InChI=1S/C10H16N2O/c1-8(2)12(9(3)13)10-5-4-6-11-7-10/h4-9,13H,1-3H3. The SMILES string of the molecule is CC(C)N(c1cccnc1)C(C)O. The smallest absolute Gasteiger partial charge is 0.124 e. The van der Waals surface area contributed by atoms with Crippen LogP contribution >= 0.6 is 0 Å². The summed E-state index contributed by atoms with van der Waals surface area (Å²) in [6.45, 7) is 5.84. The van der Waals surface area contributed by atoms with E-state index in [4.69, 9.17) is 0 Å². The van der Waals surface area contributed by atoms with E-state index in [-0.39, 0.29) is 6.04 Å². The molecule has 1 atom stereocenters. The Morgan fingerprint density at radius 1 is 1.38 bits per heavy atom. The Bertz CT molecular complexity index is 238. The zero-order valence-electron chi connectivity index (χ0n) is 8.31. The Balaban J connectivity index is 2.89. The number of aliphatic hydroxyl groups excluding tert-OH is 1. The van der Waals surface area contributed by atoms with Gasteiger partial charge in [-0.1, -0.05) is 0 Å². The van der Waals surface area contributed by atoms with Crippen molar-refractivity contribution in [3.63, 3.8) is 0 Å². The van der Waals surface area contributed by atoms with Crippen LogP contribution in [-0.4, -0.2) is 22.4 Å². The third-order valence-electron chi connectivity index (χ3n) is 1.90. The maximum atomic E-state index is 9.53. The molecule has 0 bridgehead atoms. The average Bonchev–Trinajstić information content (AvgIpc) is 2.04. The van der Waals surface area contributed by atoms with Gasteiger partial charge in [-0.2, -0.15) is 0 Å². The first-order chi connectivity index (χ1) is 6.13. The molecular formula is C10H16N2O. The van der Waals surface area contributed by atoms with Gasteiger partial charge < -0.3 is 10.0 Å². The van der Waals surface area contributed by atoms with Crippen LogP contribution in [0.4, 0.5) is 5.69 Å². The van der Waals surface area contributed by atoms with E-state index < -0.39 is 6.23 Å². The second-order valence-corrected chi connectivity index (χ2v) is 3.34. The molecule has 72 valence electrons. The molecule has 0 aliphatic heterocycles.